The Kier molecular flexibility index (Phi) is 32.4. The summed E-state index contributed by atoms with van der Waals surface area (Å²) < 4.78 is 31.8. The van der Waals surface area contributed by atoms with E-state index in [0.29, 0.717) is 12.8 Å². The Morgan fingerprint density at radius 2 is 1.04 bits per heavy atom. The second-order valence-electron chi connectivity index (χ2n) is 12.4. The van der Waals surface area contributed by atoms with Gasteiger partial charge in [0.25, 0.3) is 0 Å². The lowest BCUT2D eigenvalue weighted by Crippen LogP contribution is -2.29. The molecule has 46 heavy (non-hydrogen) atoms. The molecule has 0 amide bonds. The Morgan fingerprint density at radius 1 is 0.609 bits per heavy atom. The number of ether oxygens (including phenoxy) is 2. The van der Waals surface area contributed by atoms with Crippen LogP contribution in [0.1, 0.15) is 174 Å². The van der Waals surface area contributed by atoms with Crippen LogP contribution in [0.2, 0.25) is 0 Å². The minimum absolute atomic E-state index is 0.228. The maximum atomic E-state index is 12.4. The first kappa shape index (κ1) is 44.5. The number of hydrogen-bond donors (Lipinski definition) is 1. The summed E-state index contributed by atoms with van der Waals surface area (Å²) in [5.74, 6) is -0.818. The Bertz CT molecular complexity index is 813. The number of carbonyl (C=O) groups is 2. The quantitative estimate of drug-likeness (QED) is 0.0311. The number of esters is 2. The van der Waals surface area contributed by atoms with Gasteiger partial charge in [0, 0.05) is 20.0 Å². The fourth-order valence-corrected chi connectivity index (χ4v) is 5.50. The van der Waals surface area contributed by atoms with Gasteiger partial charge in [0.15, 0.2) is 6.10 Å². The first-order valence-electron chi connectivity index (χ1n) is 18.5. The number of phosphoric ester groups is 1. The highest BCUT2D eigenvalue weighted by Gasteiger charge is 2.24. The first-order chi connectivity index (χ1) is 22.3. The maximum Gasteiger partial charge on any atom is 0.472 e. The fourth-order valence-electron chi connectivity index (χ4n) is 5.04. The molecule has 0 aliphatic carbocycles. The molecule has 0 aromatic heterocycles. The van der Waals surface area contributed by atoms with E-state index in [1.165, 1.54) is 83.5 Å². The number of hydrogen-bond acceptors (Lipinski definition) is 7. The third-order valence-electron chi connectivity index (χ3n) is 7.95. The molecule has 0 heterocycles. The highest BCUT2D eigenvalue weighted by atomic mass is 31.2. The summed E-state index contributed by atoms with van der Waals surface area (Å²) >= 11 is 0. The van der Waals surface area contributed by atoms with Crippen molar-refractivity contribution in [2.75, 3.05) is 20.3 Å². The third-order valence-corrected chi connectivity index (χ3v) is 8.89. The molecule has 2 unspecified atom stereocenters. The molecule has 0 fully saturated rings. The maximum absolute atomic E-state index is 12.4. The smallest absolute Gasteiger partial charge is 0.462 e. The van der Waals surface area contributed by atoms with E-state index < -0.39 is 26.5 Å². The van der Waals surface area contributed by atoms with Gasteiger partial charge in [-0.1, -0.05) is 141 Å². The molecule has 1 N–H and O–H groups in total. The zero-order valence-corrected chi connectivity index (χ0v) is 30.6. The summed E-state index contributed by atoms with van der Waals surface area (Å²) in [7, 11) is -3.20. The van der Waals surface area contributed by atoms with Gasteiger partial charge < -0.3 is 14.4 Å². The number of carbonyl (C=O) groups excluding carboxylic acids is 2. The van der Waals surface area contributed by atoms with E-state index in [4.69, 9.17) is 14.0 Å². The molecule has 8 nitrogen and oxygen atoms in total. The van der Waals surface area contributed by atoms with Crippen molar-refractivity contribution in [1.29, 1.82) is 0 Å². The minimum atomic E-state index is -4.25. The largest absolute Gasteiger partial charge is 0.472 e. The Morgan fingerprint density at radius 3 is 1.54 bits per heavy atom. The Balaban J connectivity index is 4.09. The third kappa shape index (κ3) is 32.5. The topological polar surface area (TPSA) is 108 Å². The van der Waals surface area contributed by atoms with Gasteiger partial charge in [-0.3, -0.25) is 18.6 Å². The molecule has 0 saturated heterocycles. The lowest BCUT2D eigenvalue weighted by atomic mass is 10.1. The molecule has 0 aromatic rings. The molecule has 0 aliphatic rings. The summed E-state index contributed by atoms with van der Waals surface area (Å²) in [6.45, 7) is 3.84. The van der Waals surface area contributed by atoms with Crippen molar-refractivity contribution in [3.63, 3.8) is 0 Å². The number of rotatable bonds is 34. The molecular weight excluding hydrogens is 603 g/mol. The van der Waals surface area contributed by atoms with Crippen LogP contribution >= 0.6 is 7.82 Å². The fraction of sp³-hybridized carbons (Fsp3) is 0.838. The van der Waals surface area contributed by atoms with Crippen LogP contribution in [-0.2, 0) is 32.7 Å². The van der Waals surface area contributed by atoms with Gasteiger partial charge in [0.2, 0.25) is 0 Å². The molecule has 0 spiro atoms. The normalized spacial score (nSPS) is 13.7. The second-order valence-corrected chi connectivity index (χ2v) is 13.9. The standard InChI is InChI=1S/C37H69O8P/c1-4-6-8-10-12-14-16-17-18-19-20-22-24-26-28-30-32-37(39)45-35(34-44-46(40,41)42-3)33-43-36(38)31-29-27-25-23-21-15-13-11-9-7-5-2/h14,16,18-19,35H,4-13,15,17,20-34H2,1-3H3,(H,40,41)/b16-14-,19-18-. The molecule has 9 heteroatoms. The van der Waals surface area contributed by atoms with Gasteiger partial charge in [0.05, 0.1) is 6.61 Å². The van der Waals surface area contributed by atoms with Crippen molar-refractivity contribution < 1.29 is 37.6 Å². The van der Waals surface area contributed by atoms with E-state index >= 15 is 0 Å². The zero-order valence-electron chi connectivity index (χ0n) is 29.7. The number of phosphoric acid groups is 1. The molecule has 0 rings (SSSR count). The van der Waals surface area contributed by atoms with Crippen molar-refractivity contribution >= 4 is 19.8 Å². The van der Waals surface area contributed by atoms with Crippen LogP contribution in [0.15, 0.2) is 24.3 Å². The summed E-state index contributed by atoms with van der Waals surface area (Å²) in [6, 6.07) is 0. The number of unbranched alkanes of at least 4 members (excludes halogenated alkanes) is 19. The lowest BCUT2D eigenvalue weighted by molar-refractivity contribution is -0.161. The average molecular weight is 673 g/mol. The second kappa shape index (κ2) is 33.4. The first-order valence-corrected chi connectivity index (χ1v) is 20.0. The predicted molar refractivity (Wildman–Crippen MR) is 189 cm³/mol. The van der Waals surface area contributed by atoms with Crippen LogP contribution in [0, 0.1) is 0 Å². The van der Waals surface area contributed by atoms with Gasteiger partial charge in [0.1, 0.15) is 6.61 Å². The van der Waals surface area contributed by atoms with Crippen molar-refractivity contribution in [2.24, 2.45) is 0 Å². The molecule has 0 aromatic carbocycles. The Hall–Kier alpha value is -1.47. The van der Waals surface area contributed by atoms with E-state index in [2.05, 4.69) is 42.7 Å². The van der Waals surface area contributed by atoms with Gasteiger partial charge in [-0.25, -0.2) is 4.57 Å². The van der Waals surface area contributed by atoms with Crippen LogP contribution in [0.4, 0.5) is 0 Å². The Labute approximate surface area is 282 Å². The molecule has 0 saturated carbocycles. The van der Waals surface area contributed by atoms with Crippen molar-refractivity contribution in [2.45, 2.75) is 180 Å². The molecule has 0 radical (unpaired) electrons. The van der Waals surface area contributed by atoms with Crippen LogP contribution in [0.25, 0.3) is 0 Å². The van der Waals surface area contributed by atoms with Crippen LogP contribution in [0.5, 0.6) is 0 Å². The summed E-state index contributed by atoms with van der Waals surface area (Å²) in [4.78, 5) is 34.2. The van der Waals surface area contributed by atoms with Crippen LogP contribution in [0.3, 0.4) is 0 Å². The summed E-state index contributed by atoms with van der Waals surface area (Å²) in [6.07, 6.45) is 35.1. The van der Waals surface area contributed by atoms with E-state index in [0.717, 1.165) is 64.9 Å². The predicted octanol–water partition coefficient (Wildman–Crippen LogP) is 11.1. The van der Waals surface area contributed by atoms with Crippen molar-refractivity contribution in [3.05, 3.63) is 24.3 Å². The summed E-state index contributed by atoms with van der Waals surface area (Å²) in [5, 5.41) is 0. The van der Waals surface area contributed by atoms with Gasteiger partial charge >= 0.3 is 19.8 Å². The van der Waals surface area contributed by atoms with Crippen LogP contribution in [-0.4, -0.2) is 43.3 Å². The molecular formula is C37H69O8P. The minimum Gasteiger partial charge on any atom is -0.462 e. The zero-order chi connectivity index (χ0) is 34.0. The summed E-state index contributed by atoms with van der Waals surface area (Å²) in [5.41, 5.74) is 0. The average Bonchev–Trinajstić information content (AvgIpc) is 3.04. The molecule has 270 valence electrons. The highest BCUT2D eigenvalue weighted by Crippen LogP contribution is 2.42. The lowest BCUT2D eigenvalue weighted by Gasteiger charge is -2.19. The van der Waals surface area contributed by atoms with Crippen LogP contribution < -0.4 is 0 Å². The van der Waals surface area contributed by atoms with Gasteiger partial charge in [-0.05, 0) is 44.9 Å². The SMILES string of the molecule is CCCCCC/C=C\C/C=C\CCCCCCCC(=O)OC(COC(=O)CCCCCCCCCCCCC)COP(=O)(O)OC. The monoisotopic (exact) mass is 672 g/mol. The number of allylic oxidation sites excluding steroid dienone is 4. The van der Waals surface area contributed by atoms with Crippen molar-refractivity contribution in [1.82, 2.24) is 0 Å². The molecule has 0 aliphatic heterocycles. The van der Waals surface area contributed by atoms with E-state index in [1.54, 1.807) is 0 Å². The molecule has 0 bridgehead atoms. The van der Waals surface area contributed by atoms with E-state index in [9.17, 15) is 19.0 Å². The van der Waals surface area contributed by atoms with Crippen molar-refractivity contribution in [3.8, 4) is 0 Å². The van der Waals surface area contributed by atoms with E-state index in [1.807, 2.05) is 0 Å². The van der Waals surface area contributed by atoms with Gasteiger partial charge in [-0.2, -0.15) is 0 Å². The molecule has 2 atom stereocenters. The van der Waals surface area contributed by atoms with Gasteiger partial charge in [-0.15, -0.1) is 0 Å². The highest BCUT2D eigenvalue weighted by molar-refractivity contribution is 7.47. The van der Waals surface area contributed by atoms with E-state index in [-0.39, 0.29) is 19.0 Å².